The molecule has 0 bridgehead atoms. The van der Waals surface area contributed by atoms with E-state index >= 15 is 0 Å². The maximum absolute atomic E-state index is 13.6. The van der Waals surface area contributed by atoms with Crippen LogP contribution in [0.4, 0.5) is 4.39 Å². The minimum atomic E-state index is -0.575. The molecule has 1 aromatic rings. The molecule has 0 aliphatic carbocycles. The molecule has 3 amide bonds. The molecule has 122 valence electrons. The second kappa shape index (κ2) is 6.45. The van der Waals surface area contributed by atoms with Gasteiger partial charge in [0.1, 0.15) is 5.82 Å². The molecule has 0 spiro atoms. The van der Waals surface area contributed by atoms with E-state index in [9.17, 15) is 18.8 Å². The first-order valence-electron chi connectivity index (χ1n) is 7.64. The number of benzene rings is 1. The van der Waals surface area contributed by atoms with Gasteiger partial charge in [-0.1, -0.05) is 18.2 Å². The average molecular weight is 319 g/mol. The first-order chi connectivity index (χ1) is 11.1. The molecular formula is C16H18FN3O3. The molecular weight excluding hydrogens is 301 g/mol. The van der Waals surface area contributed by atoms with Crippen LogP contribution in [0.2, 0.25) is 0 Å². The molecule has 1 atom stereocenters. The third-order valence-corrected chi connectivity index (χ3v) is 4.29. The van der Waals surface area contributed by atoms with Gasteiger partial charge in [-0.15, -0.1) is 0 Å². The van der Waals surface area contributed by atoms with Crippen molar-refractivity contribution in [3.8, 4) is 0 Å². The second-order valence-corrected chi connectivity index (χ2v) is 5.77. The summed E-state index contributed by atoms with van der Waals surface area (Å²) in [6, 6.07) is 5.75. The largest absolute Gasteiger partial charge is 0.354 e. The molecule has 0 aromatic heterocycles. The highest BCUT2D eigenvalue weighted by molar-refractivity contribution is 6.05. The van der Waals surface area contributed by atoms with Crippen LogP contribution in [-0.4, -0.2) is 59.7 Å². The van der Waals surface area contributed by atoms with Gasteiger partial charge in [-0.2, -0.15) is 0 Å². The molecule has 1 unspecified atom stereocenters. The number of amides is 3. The van der Waals surface area contributed by atoms with Crippen molar-refractivity contribution in [2.45, 2.75) is 18.9 Å². The van der Waals surface area contributed by atoms with Crippen molar-refractivity contribution in [3.63, 3.8) is 0 Å². The number of carbonyl (C=O) groups excluding carboxylic acids is 3. The molecule has 1 aromatic carbocycles. The van der Waals surface area contributed by atoms with Crippen molar-refractivity contribution in [2.75, 3.05) is 26.2 Å². The predicted octanol–water partition coefficient (Wildman–Crippen LogP) is -0.0725. The lowest BCUT2D eigenvalue weighted by Crippen LogP contribution is -2.53. The van der Waals surface area contributed by atoms with Crippen LogP contribution in [0.3, 0.4) is 0 Å². The Bertz CT molecular complexity index is 649. The Morgan fingerprint density at radius 1 is 1.22 bits per heavy atom. The van der Waals surface area contributed by atoms with Crippen LogP contribution in [0.5, 0.6) is 0 Å². The Labute approximate surface area is 133 Å². The van der Waals surface area contributed by atoms with Gasteiger partial charge in [0, 0.05) is 19.6 Å². The predicted molar refractivity (Wildman–Crippen MR) is 79.8 cm³/mol. The molecule has 1 N–H and O–H groups in total. The van der Waals surface area contributed by atoms with Crippen LogP contribution in [0.25, 0.3) is 0 Å². The van der Waals surface area contributed by atoms with E-state index < -0.39 is 6.04 Å². The summed E-state index contributed by atoms with van der Waals surface area (Å²) in [5.74, 6) is -1.03. The molecule has 2 fully saturated rings. The number of hydrogen-bond donors (Lipinski definition) is 1. The number of imide groups is 1. The van der Waals surface area contributed by atoms with E-state index in [1.54, 1.807) is 23.1 Å². The number of hydrogen-bond acceptors (Lipinski definition) is 4. The van der Waals surface area contributed by atoms with Crippen LogP contribution < -0.4 is 5.32 Å². The Hall–Kier alpha value is -2.28. The van der Waals surface area contributed by atoms with Gasteiger partial charge in [-0.05, 0) is 18.1 Å². The second-order valence-electron chi connectivity index (χ2n) is 5.77. The highest BCUT2D eigenvalue weighted by atomic mass is 19.1. The van der Waals surface area contributed by atoms with Crippen LogP contribution in [0, 0.1) is 5.82 Å². The zero-order valence-corrected chi connectivity index (χ0v) is 12.6. The average Bonchev–Trinajstić information content (AvgIpc) is 2.81. The molecule has 2 heterocycles. The molecule has 3 rings (SSSR count). The monoisotopic (exact) mass is 319 g/mol. The minimum Gasteiger partial charge on any atom is -0.354 e. The van der Waals surface area contributed by atoms with Gasteiger partial charge in [0.25, 0.3) is 0 Å². The summed E-state index contributed by atoms with van der Waals surface area (Å²) in [7, 11) is 0. The summed E-state index contributed by atoms with van der Waals surface area (Å²) in [4.78, 5) is 38.9. The number of piperazine rings is 1. The summed E-state index contributed by atoms with van der Waals surface area (Å²) < 4.78 is 13.6. The zero-order chi connectivity index (χ0) is 16.4. The van der Waals surface area contributed by atoms with Crippen LogP contribution in [0.1, 0.15) is 12.0 Å². The Kier molecular flexibility index (Phi) is 4.38. The Morgan fingerprint density at radius 3 is 2.74 bits per heavy atom. The van der Waals surface area contributed by atoms with Crippen LogP contribution in [0.15, 0.2) is 24.3 Å². The van der Waals surface area contributed by atoms with Gasteiger partial charge in [0.15, 0.2) is 0 Å². The van der Waals surface area contributed by atoms with Gasteiger partial charge in [-0.3, -0.25) is 24.2 Å². The number of likely N-dealkylation sites (tertiary alicyclic amines) is 1. The van der Waals surface area contributed by atoms with Crippen molar-refractivity contribution in [3.05, 3.63) is 35.6 Å². The molecule has 2 aliphatic heterocycles. The van der Waals surface area contributed by atoms with E-state index in [-0.39, 0.29) is 49.5 Å². The van der Waals surface area contributed by atoms with E-state index in [2.05, 4.69) is 5.32 Å². The lowest BCUT2D eigenvalue weighted by molar-refractivity contribution is -0.140. The lowest BCUT2D eigenvalue weighted by Gasteiger charge is -2.30. The molecule has 2 aliphatic rings. The minimum absolute atomic E-state index is 0.0867. The molecule has 7 heteroatoms. The van der Waals surface area contributed by atoms with Gasteiger partial charge in [-0.25, -0.2) is 4.39 Å². The smallest absolute Gasteiger partial charge is 0.247 e. The number of carbonyl (C=O) groups is 3. The Balaban J connectivity index is 1.64. The standard InChI is InChI=1S/C16H18FN3O3/c17-12-4-2-1-3-11(12)5-7-20-15(22)9-13(16(20)23)19-8-6-18-14(21)10-19/h1-4,13H,5-10H2,(H,18,21). The highest BCUT2D eigenvalue weighted by Gasteiger charge is 2.42. The van der Waals surface area contributed by atoms with E-state index in [1.807, 2.05) is 0 Å². The first-order valence-corrected chi connectivity index (χ1v) is 7.64. The van der Waals surface area contributed by atoms with Gasteiger partial charge >= 0.3 is 0 Å². The van der Waals surface area contributed by atoms with Crippen molar-refractivity contribution in [2.24, 2.45) is 0 Å². The molecule has 0 radical (unpaired) electrons. The highest BCUT2D eigenvalue weighted by Crippen LogP contribution is 2.20. The number of nitrogens with zero attached hydrogens (tertiary/aromatic N) is 2. The topological polar surface area (TPSA) is 69.7 Å². The maximum atomic E-state index is 13.6. The van der Waals surface area contributed by atoms with Crippen LogP contribution >= 0.6 is 0 Å². The molecule has 2 saturated heterocycles. The fourth-order valence-corrected chi connectivity index (χ4v) is 3.04. The van der Waals surface area contributed by atoms with Gasteiger partial charge in [0.05, 0.1) is 19.0 Å². The number of rotatable bonds is 4. The molecule has 0 saturated carbocycles. The first kappa shape index (κ1) is 15.6. The molecule has 6 nitrogen and oxygen atoms in total. The zero-order valence-electron chi connectivity index (χ0n) is 12.6. The quantitative estimate of drug-likeness (QED) is 0.789. The normalized spacial score (nSPS) is 22.6. The lowest BCUT2D eigenvalue weighted by atomic mass is 10.1. The van der Waals surface area contributed by atoms with E-state index in [1.165, 1.54) is 11.0 Å². The van der Waals surface area contributed by atoms with Crippen molar-refractivity contribution in [1.29, 1.82) is 0 Å². The van der Waals surface area contributed by atoms with Gasteiger partial charge in [0.2, 0.25) is 17.7 Å². The summed E-state index contributed by atoms with van der Waals surface area (Å²) >= 11 is 0. The Morgan fingerprint density at radius 2 is 2.00 bits per heavy atom. The van der Waals surface area contributed by atoms with E-state index in [4.69, 9.17) is 0 Å². The SMILES string of the molecule is O=C1CN(C2CC(=O)N(CCc3ccccc3F)C2=O)CCN1. The fraction of sp³-hybridized carbons (Fsp3) is 0.438. The number of nitrogens with one attached hydrogen (secondary N) is 1. The third-order valence-electron chi connectivity index (χ3n) is 4.29. The van der Waals surface area contributed by atoms with E-state index in [0.717, 1.165) is 0 Å². The summed E-state index contributed by atoms with van der Waals surface area (Å²) in [5, 5.41) is 2.69. The fourth-order valence-electron chi connectivity index (χ4n) is 3.04. The summed E-state index contributed by atoms with van der Waals surface area (Å²) in [6.45, 7) is 1.32. The van der Waals surface area contributed by atoms with E-state index in [0.29, 0.717) is 18.7 Å². The van der Waals surface area contributed by atoms with Crippen LogP contribution in [-0.2, 0) is 20.8 Å². The number of halogens is 1. The summed E-state index contributed by atoms with van der Waals surface area (Å²) in [6.07, 6.45) is 0.376. The summed E-state index contributed by atoms with van der Waals surface area (Å²) in [5.41, 5.74) is 0.480. The maximum Gasteiger partial charge on any atom is 0.247 e. The van der Waals surface area contributed by atoms with Crippen molar-refractivity contribution in [1.82, 2.24) is 15.1 Å². The van der Waals surface area contributed by atoms with Crippen molar-refractivity contribution < 1.29 is 18.8 Å². The third kappa shape index (κ3) is 3.24. The molecule has 23 heavy (non-hydrogen) atoms. The van der Waals surface area contributed by atoms with Gasteiger partial charge < -0.3 is 5.32 Å². The van der Waals surface area contributed by atoms with Crippen molar-refractivity contribution >= 4 is 17.7 Å².